The van der Waals surface area contributed by atoms with Gasteiger partial charge in [0.1, 0.15) is 0 Å². The first-order valence-electron chi connectivity index (χ1n) is 9.13. The summed E-state index contributed by atoms with van der Waals surface area (Å²) in [5.41, 5.74) is 0. The molecule has 1 amide bonds. The second-order valence-corrected chi connectivity index (χ2v) is 8.29. The van der Waals surface area contributed by atoms with E-state index in [0.29, 0.717) is 34.2 Å². The first-order chi connectivity index (χ1) is 14.0. The molecule has 0 saturated carbocycles. The number of thioether (sulfide) groups is 1. The van der Waals surface area contributed by atoms with Gasteiger partial charge in [-0.3, -0.25) is 4.79 Å². The van der Waals surface area contributed by atoms with Crippen molar-refractivity contribution in [2.75, 3.05) is 12.4 Å². The lowest BCUT2D eigenvalue weighted by molar-refractivity contribution is -0.115. The fraction of sp³-hybridized carbons (Fsp3) is 0.368. The number of amides is 1. The van der Waals surface area contributed by atoms with Crippen molar-refractivity contribution in [2.24, 2.45) is 0 Å². The highest BCUT2D eigenvalue weighted by molar-refractivity contribution is 8.00. The van der Waals surface area contributed by atoms with E-state index in [0.717, 1.165) is 0 Å². The summed E-state index contributed by atoms with van der Waals surface area (Å²) in [6.07, 6.45) is 1.31. The minimum Gasteiger partial charge on any atom is -0.493 e. The highest BCUT2D eigenvalue weighted by atomic mass is 32.2. The van der Waals surface area contributed by atoms with Crippen molar-refractivity contribution in [1.82, 2.24) is 19.7 Å². The maximum atomic E-state index is 12.4. The molecule has 0 aliphatic rings. The molecule has 2 aromatic heterocycles. The van der Waals surface area contributed by atoms with Crippen LogP contribution < -0.4 is 14.8 Å². The van der Waals surface area contributed by atoms with Crippen LogP contribution in [0.1, 0.15) is 32.7 Å². The fourth-order valence-corrected chi connectivity index (χ4v) is 4.10. The highest BCUT2D eigenvalue weighted by Gasteiger charge is 2.23. The molecule has 3 aromatic rings. The lowest BCUT2D eigenvalue weighted by atomic mass is 10.3. The van der Waals surface area contributed by atoms with Crippen LogP contribution in [0.5, 0.6) is 11.5 Å². The third-order valence-electron chi connectivity index (χ3n) is 4.11. The van der Waals surface area contributed by atoms with Gasteiger partial charge in [0.05, 0.1) is 12.4 Å². The van der Waals surface area contributed by atoms with Crippen LogP contribution in [0.3, 0.4) is 0 Å². The summed E-state index contributed by atoms with van der Waals surface area (Å²) in [6, 6.07) is 7.47. The van der Waals surface area contributed by atoms with E-state index in [4.69, 9.17) is 9.47 Å². The van der Waals surface area contributed by atoms with E-state index >= 15 is 0 Å². The molecule has 0 bridgehead atoms. The Labute approximate surface area is 177 Å². The van der Waals surface area contributed by atoms with E-state index in [1.807, 2.05) is 55.0 Å². The zero-order valence-electron chi connectivity index (χ0n) is 16.7. The van der Waals surface area contributed by atoms with Crippen molar-refractivity contribution in [3.05, 3.63) is 41.7 Å². The predicted molar refractivity (Wildman–Crippen MR) is 114 cm³/mol. The third kappa shape index (κ3) is 5.07. The number of para-hydroxylation sites is 2. The lowest BCUT2D eigenvalue weighted by Crippen LogP contribution is -2.23. The maximum absolute atomic E-state index is 12.4. The zero-order chi connectivity index (χ0) is 20.8. The van der Waals surface area contributed by atoms with Gasteiger partial charge in [0, 0.05) is 18.1 Å². The van der Waals surface area contributed by atoms with Crippen molar-refractivity contribution in [1.29, 1.82) is 0 Å². The van der Waals surface area contributed by atoms with Crippen LogP contribution in [0.4, 0.5) is 5.13 Å². The number of rotatable bonds is 9. The van der Waals surface area contributed by atoms with Crippen molar-refractivity contribution in [3.63, 3.8) is 0 Å². The average Bonchev–Trinajstić information content (AvgIpc) is 3.37. The van der Waals surface area contributed by atoms with E-state index < -0.39 is 0 Å². The fourth-order valence-electron chi connectivity index (χ4n) is 2.65. The van der Waals surface area contributed by atoms with Gasteiger partial charge in [-0.25, -0.2) is 4.98 Å². The summed E-state index contributed by atoms with van der Waals surface area (Å²) in [5.74, 6) is 1.85. The molecule has 10 heteroatoms. The first-order valence-corrected chi connectivity index (χ1v) is 10.9. The number of thiazole rings is 1. The van der Waals surface area contributed by atoms with Gasteiger partial charge in [-0.1, -0.05) is 23.9 Å². The van der Waals surface area contributed by atoms with Crippen molar-refractivity contribution in [3.8, 4) is 11.5 Å². The molecule has 0 fully saturated rings. The van der Waals surface area contributed by atoms with Crippen LogP contribution in [0.15, 0.2) is 41.0 Å². The van der Waals surface area contributed by atoms with Crippen LogP contribution in [-0.4, -0.2) is 38.0 Å². The number of benzene rings is 1. The molecule has 2 heterocycles. The summed E-state index contributed by atoms with van der Waals surface area (Å²) >= 11 is 2.73. The number of carbonyl (C=O) groups is 1. The molecule has 0 saturated heterocycles. The van der Waals surface area contributed by atoms with Crippen LogP contribution in [0.2, 0.25) is 0 Å². The Kier molecular flexibility index (Phi) is 7.10. The molecule has 154 valence electrons. The van der Waals surface area contributed by atoms with Crippen molar-refractivity contribution >= 4 is 34.1 Å². The first kappa shape index (κ1) is 21.1. The molecule has 2 atom stereocenters. The van der Waals surface area contributed by atoms with Gasteiger partial charge in [0.2, 0.25) is 5.91 Å². The third-order valence-corrected chi connectivity index (χ3v) is 5.88. The Hall–Kier alpha value is -2.59. The Morgan fingerprint density at radius 2 is 2.03 bits per heavy atom. The van der Waals surface area contributed by atoms with Crippen LogP contribution >= 0.6 is 23.1 Å². The molecule has 0 spiro atoms. The SMILES string of the molecule is CCn1c(SC(C)C(=O)Nc2nccs2)nnc1C(C)Oc1ccccc1OC. The standard InChI is InChI=1S/C19H23N5O3S2/c1-5-24-16(12(2)27-15-9-7-6-8-14(15)26-4)22-23-19(24)29-13(3)17(25)21-18-20-10-11-28-18/h6-13H,5H2,1-4H3,(H,20,21,25). The molecule has 3 rings (SSSR count). The van der Waals surface area contributed by atoms with E-state index in [2.05, 4.69) is 20.5 Å². The number of anilines is 1. The number of carbonyl (C=O) groups excluding carboxylic acids is 1. The minimum atomic E-state index is -0.355. The molecule has 2 unspecified atom stereocenters. The van der Waals surface area contributed by atoms with Gasteiger partial charge in [-0.15, -0.1) is 21.5 Å². The van der Waals surface area contributed by atoms with Gasteiger partial charge in [0.25, 0.3) is 0 Å². The molecule has 0 aliphatic carbocycles. The van der Waals surface area contributed by atoms with Gasteiger partial charge in [-0.2, -0.15) is 0 Å². The molecular weight excluding hydrogens is 410 g/mol. The summed E-state index contributed by atoms with van der Waals surface area (Å²) in [6.45, 7) is 6.41. The number of hydrogen-bond acceptors (Lipinski definition) is 8. The number of aromatic nitrogens is 4. The van der Waals surface area contributed by atoms with E-state index in [9.17, 15) is 4.79 Å². The number of nitrogens with one attached hydrogen (secondary N) is 1. The van der Waals surface area contributed by atoms with Crippen LogP contribution in [-0.2, 0) is 11.3 Å². The lowest BCUT2D eigenvalue weighted by Gasteiger charge is -2.17. The molecule has 29 heavy (non-hydrogen) atoms. The van der Waals surface area contributed by atoms with Gasteiger partial charge in [-0.05, 0) is 32.9 Å². The topological polar surface area (TPSA) is 91.2 Å². The molecule has 8 nitrogen and oxygen atoms in total. The second-order valence-electron chi connectivity index (χ2n) is 6.08. The van der Waals surface area contributed by atoms with E-state index in [1.54, 1.807) is 13.3 Å². The molecule has 1 aromatic carbocycles. The largest absolute Gasteiger partial charge is 0.493 e. The molecule has 0 aliphatic heterocycles. The van der Waals surface area contributed by atoms with Crippen LogP contribution in [0, 0.1) is 0 Å². The molecule has 1 N–H and O–H groups in total. The summed E-state index contributed by atoms with van der Waals surface area (Å²) < 4.78 is 13.4. The van der Waals surface area contributed by atoms with Gasteiger partial charge >= 0.3 is 0 Å². The molecule has 0 radical (unpaired) electrons. The number of nitrogens with zero attached hydrogens (tertiary/aromatic N) is 4. The number of ether oxygens (including phenoxy) is 2. The highest BCUT2D eigenvalue weighted by Crippen LogP contribution is 2.31. The van der Waals surface area contributed by atoms with Crippen LogP contribution in [0.25, 0.3) is 0 Å². The Bertz CT molecular complexity index is 945. The average molecular weight is 434 g/mol. The molecular formula is C19H23N5O3S2. The summed E-state index contributed by atoms with van der Waals surface area (Å²) in [4.78, 5) is 16.5. The summed E-state index contributed by atoms with van der Waals surface area (Å²) in [5, 5.41) is 14.1. The van der Waals surface area contributed by atoms with E-state index in [1.165, 1.54) is 23.1 Å². The van der Waals surface area contributed by atoms with E-state index in [-0.39, 0.29) is 17.3 Å². The monoisotopic (exact) mass is 433 g/mol. The Morgan fingerprint density at radius 3 is 2.69 bits per heavy atom. The number of hydrogen-bond donors (Lipinski definition) is 1. The quantitative estimate of drug-likeness (QED) is 0.510. The van der Waals surface area contributed by atoms with Gasteiger partial charge < -0.3 is 19.4 Å². The second kappa shape index (κ2) is 9.75. The minimum absolute atomic E-state index is 0.129. The zero-order valence-corrected chi connectivity index (χ0v) is 18.3. The Morgan fingerprint density at radius 1 is 1.28 bits per heavy atom. The van der Waals surface area contributed by atoms with Gasteiger partial charge in [0.15, 0.2) is 33.7 Å². The van der Waals surface area contributed by atoms with Crippen molar-refractivity contribution < 1.29 is 14.3 Å². The maximum Gasteiger partial charge on any atom is 0.239 e. The summed E-state index contributed by atoms with van der Waals surface area (Å²) in [7, 11) is 1.61. The normalized spacial score (nSPS) is 13.0. The Balaban J connectivity index is 1.71. The number of methoxy groups -OCH3 is 1. The van der Waals surface area contributed by atoms with Crippen molar-refractivity contribution in [2.45, 2.75) is 43.8 Å². The predicted octanol–water partition coefficient (Wildman–Crippen LogP) is 4.02. The smallest absolute Gasteiger partial charge is 0.239 e.